The number of carbonyl (C=O) groups is 1. The molecular weight excluding hydrogens is 362 g/mol. The second-order valence-corrected chi connectivity index (χ2v) is 8.13. The van der Waals surface area contributed by atoms with Gasteiger partial charge in [-0.1, -0.05) is 19.1 Å². The lowest BCUT2D eigenvalue weighted by Gasteiger charge is -2.16. The zero-order valence-electron chi connectivity index (χ0n) is 18.1. The summed E-state index contributed by atoms with van der Waals surface area (Å²) in [6, 6.07) is 0. The maximum Gasteiger partial charge on any atom is 0.311 e. The van der Waals surface area contributed by atoms with Crippen LogP contribution in [-0.2, 0) is 36.7 Å². The van der Waals surface area contributed by atoms with E-state index in [0.29, 0.717) is 45.5 Å². The first-order chi connectivity index (χ1) is 13.3. The number of hydrogen-bond donors (Lipinski definition) is 0. The van der Waals surface area contributed by atoms with Gasteiger partial charge in [-0.15, -0.1) is 5.10 Å². The molecule has 1 heterocycles. The van der Waals surface area contributed by atoms with Gasteiger partial charge in [-0.3, -0.25) is 4.79 Å². The Balaban J connectivity index is 2.00. The zero-order valence-corrected chi connectivity index (χ0v) is 18.1. The van der Waals surface area contributed by atoms with Crippen LogP contribution in [0, 0.1) is 11.3 Å². The Kier molecular flexibility index (Phi) is 11.9. The van der Waals surface area contributed by atoms with Gasteiger partial charge in [0.2, 0.25) is 0 Å². The van der Waals surface area contributed by atoms with Gasteiger partial charge in [-0.25, -0.2) is 4.68 Å². The number of rotatable bonds is 15. The molecule has 162 valence electrons. The third-order valence-electron chi connectivity index (χ3n) is 3.84. The topological polar surface area (TPSA) is 84.7 Å². The Hall–Kier alpha value is -1.51. The van der Waals surface area contributed by atoms with Crippen molar-refractivity contribution >= 4 is 5.97 Å². The molecule has 1 aromatic heterocycles. The maximum atomic E-state index is 11.6. The fourth-order valence-electron chi connectivity index (χ4n) is 2.05. The number of nitrogens with zero attached hydrogens (tertiary/aromatic N) is 3. The van der Waals surface area contributed by atoms with Crippen molar-refractivity contribution in [3.05, 3.63) is 11.9 Å². The first kappa shape index (κ1) is 24.5. The monoisotopic (exact) mass is 399 g/mol. The lowest BCUT2D eigenvalue weighted by atomic mass is 9.97. The molecule has 0 atom stereocenters. The van der Waals surface area contributed by atoms with Gasteiger partial charge in [0.25, 0.3) is 0 Å². The van der Waals surface area contributed by atoms with Crippen molar-refractivity contribution < 1.29 is 23.7 Å². The van der Waals surface area contributed by atoms with E-state index < -0.39 is 5.41 Å². The minimum Gasteiger partial charge on any atom is -0.463 e. The number of carbonyl (C=O) groups excluding carboxylic acids is 1. The van der Waals surface area contributed by atoms with E-state index in [2.05, 4.69) is 24.2 Å². The molecule has 0 aliphatic rings. The molecule has 1 aromatic rings. The summed E-state index contributed by atoms with van der Waals surface area (Å²) in [7, 11) is 0. The Morgan fingerprint density at radius 2 is 1.64 bits per heavy atom. The van der Waals surface area contributed by atoms with Crippen molar-refractivity contribution in [2.45, 2.75) is 54.0 Å². The van der Waals surface area contributed by atoms with E-state index in [4.69, 9.17) is 18.9 Å². The van der Waals surface area contributed by atoms with Gasteiger partial charge < -0.3 is 18.9 Å². The van der Waals surface area contributed by atoms with Crippen molar-refractivity contribution in [2.24, 2.45) is 11.3 Å². The lowest BCUT2D eigenvalue weighted by molar-refractivity contribution is -0.154. The number of hydrogen-bond acceptors (Lipinski definition) is 7. The Labute approximate surface area is 168 Å². The summed E-state index contributed by atoms with van der Waals surface area (Å²) in [5, 5.41) is 8.20. The largest absolute Gasteiger partial charge is 0.463 e. The molecule has 0 bridgehead atoms. The predicted octanol–water partition coefficient (Wildman–Crippen LogP) is 2.51. The van der Waals surface area contributed by atoms with Crippen molar-refractivity contribution in [2.75, 3.05) is 46.2 Å². The molecular formula is C20H37N3O5. The Bertz CT molecular complexity index is 540. The SMILES string of the molecule is CC(C)CCOCCOCCc1cn(CCOCCOC(=O)C(C)(C)C)nn1. The van der Waals surface area contributed by atoms with Gasteiger partial charge in [0.15, 0.2) is 0 Å². The summed E-state index contributed by atoms with van der Waals surface area (Å²) in [6.45, 7) is 14.2. The van der Waals surface area contributed by atoms with Crippen molar-refractivity contribution in [3.8, 4) is 0 Å². The first-order valence-corrected chi connectivity index (χ1v) is 10.1. The third kappa shape index (κ3) is 12.0. The van der Waals surface area contributed by atoms with E-state index in [1.54, 1.807) is 4.68 Å². The minimum atomic E-state index is -0.484. The van der Waals surface area contributed by atoms with Crippen LogP contribution in [0.3, 0.4) is 0 Å². The molecule has 0 saturated carbocycles. The smallest absolute Gasteiger partial charge is 0.311 e. The molecule has 8 heteroatoms. The summed E-state index contributed by atoms with van der Waals surface area (Å²) in [4.78, 5) is 11.6. The Morgan fingerprint density at radius 3 is 2.32 bits per heavy atom. The Morgan fingerprint density at radius 1 is 1.00 bits per heavy atom. The zero-order chi connectivity index (χ0) is 20.8. The molecule has 0 amide bonds. The van der Waals surface area contributed by atoms with Gasteiger partial charge in [0.05, 0.1) is 50.7 Å². The van der Waals surface area contributed by atoms with Gasteiger partial charge in [-0.05, 0) is 33.1 Å². The molecule has 8 nitrogen and oxygen atoms in total. The first-order valence-electron chi connectivity index (χ1n) is 10.1. The molecule has 0 aliphatic heterocycles. The highest BCUT2D eigenvalue weighted by molar-refractivity contribution is 5.75. The second kappa shape index (κ2) is 13.6. The molecule has 28 heavy (non-hydrogen) atoms. The van der Waals surface area contributed by atoms with E-state index in [9.17, 15) is 4.79 Å². The van der Waals surface area contributed by atoms with Crippen molar-refractivity contribution in [1.29, 1.82) is 0 Å². The van der Waals surface area contributed by atoms with Gasteiger partial charge in [0.1, 0.15) is 6.61 Å². The molecule has 0 unspecified atom stereocenters. The van der Waals surface area contributed by atoms with Crippen LogP contribution >= 0.6 is 0 Å². The third-order valence-corrected chi connectivity index (χ3v) is 3.84. The van der Waals surface area contributed by atoms with Crippen molar-refractivity contribution in [1.82, 2.24) is 15.0 Å². The number of esters is 1. The van der Waals surface area contributed by atoms with E-state index in [0.717, 1.165) is 25.1 Å². The highest BCUT2D eigenvalue weighted by atomic mass is 16.6. The molecule has 0 spiro atoms. The quantitative estimate of drug-likeness (QED) is 0.331. The van der Waals surface area contributed by atoms with Crippen LogP contribution in [0.2, 0.25) is 0 Å². The molecule has 0 radical (unpaired) electrons. The lowest BCUT2D eigenvalue weighted by Crippen LogP contribution is -2.24. The highest BCUT2D eigenvalue weighted by Crippen LogP contribution is 2.14. The average molecular weight is 400 g/mol. The van der Waals surface area contributed by atoms with Crippen LogP contribution in [0.25, 0.3) is 0 Å². The summed E-state index contributed by atoms with van der Waals surface area (Å²) in [5.41, 5.74) is 0.404. The number of ether oxygens (including phenoxy) is 4. The van der Waals surface area contributed by atoms with E-state index in [-0.39, 0.29) is 12.6 Å². The summed E-state index contributed by atoms with van der Waals surface area (Å²) >= 11 is 0. The minimum absolute atomic E-state index is 0.221. The summed E-state index contributed by atoms with van der Waals surface area (Å²) < 4.78 is 23.4. The van der Waals surface area contributed by atoms with Crippen LogP contribution in [0.5, 0.6) is 0 Å². The van der Waals surface area contributed by atoms with Crippen LogP contribution in [0.4, 0.5) is 0 Å². The standard InChI is InChI=1S/C20H37N3O5/c1-17(2)6-9-25-12-13-26-10-7-18-16-23(22-21-18)8-11-27-14-15-28-19(24)20(3,4)5/h16-17H,6-15H2,1-5H3. The number of aromatic nitrogens is 3. The fraction of sp³-hybridized carbons (Fsp3) is 0.850. The van der Waals surface area contributed by atoms with Gasteiger partial charge >= 0.3 is 5.97 Å². The maximum absolute atomic E-state index is 11.6. The molecule has 0 aromatic carbocycles. The molecule has 0 aliphatic carbocycles. The van der Waals surface area contributed by atoms with Crippen LogP contribution < -0.4 is 0 Å². The van der Waals surface area contributed by atoms with Crippen LogP contribution in [0.1, 0.15) is 46.7 Å². The van der Waals surface area contributed by atoms with Gasteiger partial charge in [0, 0.05) is 19.2 Å². The highest BCUT2D eigenvalue weighted by Gasteiger charge is 2.22. The molecule has 0 N–H and O–H groups in total. The second-order valence-electron chi connectivity index (χ2n) is 8.13. The molecule has 0 fully saturated rings. The molecule has 1 rings (SSSR count). The van der Waals surface area contributed by atoms with Crippen LogP contribution in [0.15, 0.2) is 6.20 Å². The van der Waals surface area contributed by atoms with E-state index >= 15 is 0 Å². The average Bonchev–Trinajstić information content (AvgIpc) is 3.06. The normalized spacial score (nSPS) is 11.9. The molecule has 0 saturated heterocycles. The fourth-order valence-corrected chi connectivity index (χ4v) is 2.05. The van der Waals surface area contributed by atoms with Crippen LogP contribution in [-0.4, -0.2) is 67.2 Å². The van der Waals surface area contributed by atoms with Crippen molar-refractivity contribution in [3.63, 3.8) is 0 Å². The van der Waals surface area contributed by atoms with E-state index in [1.807, 2.05) is 27.0 Å². The summed E-state index contributed by atoms with van der Waals surface area (Å²) in [6.07, 6.45) is 3.69. The summed E-state index contributed by atoms with van der Waals surface area (Å²) in [5.74, 6) is 0.446. The predicted molar refractivity (Wildman–Crippen MR) is 106 cm³/mol. The van der Waals surface area contributed by atoms with Gasteiger partial charge in [-0.2, -0.15) is 0 Å². The van der Waals surface area contributed by atoms with E-state index in [1.165, 1.54) is 0 Å².